The van der Waals surface area contributed by atoms with Crippen molar-refractivity contribution in [1.29, 1.82) is 5.26 Å². The first-order chi connectivity index (χ1) is 22.0. The number of hydrogen-bond donors (Lipinski definition) is 1. The smallest absolute Gasteiger partial charge is 0.227 e. The maximum Gasteiger partial charge on any atom is 0.227 e. The molecule has 1 aliphatic heterocycles. The fourth-order valence-electron chi connectivity index (χ4n) is 6.26. The minimum Gasteiger partial charge on any atom is -0.383 e. The van der Waals surface area contributed by atoms with Crippen LogP contribution < -0.4 is 10.6 Å². The van der Waals surface area contributed by atoms with Crippen LogP contribution in [-0.2, 0) is 6.54 Å². The Morgan fingerprint density at radius 2 is 1.60 bits per heavy atom. The summed E-state index contributed by atoms with van der Waals surface area (Å²) in [6, 6.07) is 30.7. The van der Waals surface area contributed by atoms with Gasteiger partial charge < -0.3 is 10.6 Å². The highest BCUT2D eigenvalue weighted by molar-refractivity contribution is 5.84. The minimum atomic E-state index is 0.191. The number of piperazine rings is 1. The molecule has 2 N–H and O–H groups in total. The molecule has 10 heteroatoms. The van der Waals surface area contributed by atoms with Gasteiger partial charge in [-0.3, -0.25) is 9.47 Å². The number of fused-ring (bicyclic) bond motifs is 1. The topological polar surface area (TPSA) is 126 Å². The number of pyridine rings is 2. The predicted octanol–water partition coefficient (Wildman–Crippen LogP) is 5.49. The maximum absolute atomic E-state index is 9.29. The van der Waals surface area contributed by atoms with Gasteiger partial charge in [-0.15, -0.1) is 0 Å². The highest BCUT2D eigenvalue weighted by Gasteiger charge is 2.31. The highest BCUT2D eigenvalue weighted by atomic mass is 15.4. The van der Waals surface area contributed by atoms with Crippen molar-refractivity contribution in [2.24, 2.45) is 0 Å². The molecule has 0 spiro atoms. The Kier molecular flexibility index (Phi) is 7.37. The van der Waals surface area contributed by atoms with Crippen LogP contribution in [0.5, 0.6) is 0 Å². The average molecular weight is 593 g/mol. The number of nitriles is 1. The largest absolute Gasteiger partial charge is 0.383 e. The van der Waals surface area contributed by atoms with E-state index in [-0.39, 0.29) is 12.1 Å². The molecule has 5 heterocycles. The number of nitrogens with two attached hydrogens (primary N) is 1. The van der Waals surface area contributed by atoms with Crippen molar-refractivity contribution in [3.05, 3.63) is 109 Å². The second-order valence-corrected chi connectivity index (χ2v) is 11.4. The molecule has 1 aliphatic rings. The second-order valence-electron chi connectivity index (χ2n) is 11.4. The van der Waals surface area contributed by atoms with E-state index in [4.69, 9.17) is 15.7 Å². The zero-order valence-corrected chi connectivity index (χ0v) is 25.1. The molecule has 45 heavy (non-hydrogen) atoms. The number of aromatic nitrogens is 6. The van der Waals surface area contributed by atoms with Gasteiger partial charge in [-0.25, -0.2) is 24.9 Å². The van der Waals surface area contributed by atoms with Crippen molar-refractivity contribution >= 4 is 22.9 Å². The lowest BCUT2D eigenvalue weighted by atomic mass is 10.1. The van der Waals surface area contributed by atoms with E-state index in [9.17, 15) is 5.26 Å². The van der Waals surface area contributed by atoms with Crippen molar-refractivity contribution < 1.29 is 0 Å². The third-order valence-corrected chi connectivity index (χ3v) is 8.24. The van der Waals surface area contributed by atoms with Crippen LogP contribution in [0.3, 0.4) is 0 Å². The van der Waals surface area contributed by atoms with Crippen LogP contribution in [0.4, 0.5) is 11.8 Å². The van der Waals surface area contributed by atoms with Crippen LogP contribution in [-0.4, -0.2) is 59.6 Å². The molecule has 6 aromatic rings. The molecular formula is C35H32N10. The first-order valence-corrected chi connectivity index (χ1v) is 15.0. The third-order valence-electron chi connectivity index (χ3n) is 8.24. The molecule has 0 saturated carbocycles. The lowest BCUT2D eigenvalue weighted by Gasteiger charge is -2.44. The Morgan fingerprint density at radius 3 is 2.33 bits per heavy atom. The van der Waals surface area contributed by atoms with E-state index in [0.717, 1.165) is 53.3 Å². The van der Waals surface area contributed by atoms with Gasteiger partial charge in [0, 0.05) is 55.4 Å². The molecular weight excluding hydrogens is 560 g/mol. The van der Waals surface area contributed by atoms with E-state index in [1.54, 1.807) is 18.5 Å². The quantitative estimate of drug-likeness (QED) is 0.267. The minimum absolute atomic E-state index is 0.191. The van der Waals surface area contributed by atoms with Crippen molar-refractivity contribution in [3.63, 3.8) is 0 Å². The molecule has 10 nitrogen and oxygen atoms in total. The second kappa shape index (κ2) is 11.8. The molecule has 4 aromatic heterocycles. The number of nitrogen functional groups attached to an aromatic ring is 1. The molecule has 0 bridgehead atoms. The van der Waals surface area contributed by atoms with Crippen LogP contribution in [0.2, 0.25) is 0 Å². The Bertz CT molecular complexity index is 2000. The van der Waals surface area contributed by atoms with Gasteiger partial charge in [0.05, 0.1) is 11.3 Å². The number of rotatable bonds is 6. The number of nitrogens with zero attached hydrogens (tertiary/aromatic N) is 9. The van der Waals surface area contributed by atoms with Gasteiger partial charge in [-0.2, -0.15) is 5.26 Å². The molecule has 0 aliphatic carbocycles. The number of benzene rings is 2. The zero-order valence-electron chi connectivity index (χ0n) is 25.1. The van der Waals surface area contributed by atoms with Gasteiger partial charge in [0.15, 0.2) is 11.5 Å². The van der Waals surface area contributed by atoms with Crippen molar-refractivity contribution in [2.75, 3.05) is 23.7 Å². The van der Waals surface area contributed by atoms with E-state index in [0.29, 0.717) is 23.3 Å². The number of imidazole rings is 1. The Balaban J connectivity index is 1.19. The standard InChI is InChI=1S/C35H32N10/c1-23-20-43(21-24(2)44(23)35-39-18-16-27(19-36)40-35)22-25-10-12-28(13-11-25)45-33(29-9-6-17-38-32(29)37)42-31-15-14-30(41-34(31)45)26-7-4-3-5-8-26/h3-18,23-24H,20-22H2,1-2H3,(H2,37,38)/t23-,24-/m1/s1. The van der Waals surface area contributed by atoms with Gasteiger partial charge in [0.1, 0.15) is 23.1 Å². The maximum atomic E-state index is 9.29. The molecule has 0 radical (unpaired) electrons. The molecule has 1 saturated heterocycles. The van der Waals surface area contributed by atoms with Crippen LogP contribution in [0.15, 0.2) is 97.3 Å². The van der Waals surface area contributed by atoms with Crippen LogP contribution in [0.1, 0.15) is 25.1 Å². The molecule has 7 rings (SSSR count). The normalized spacial score (nSPS) is 17.0. The van der Waals surface area contributed by atoms with E-state index in [2.05, 4.69) is 85.6 Å². The molecule has 2 aromatic carbocycles. The van der Waals surface area contributed by atoms with Crippen LogP contribution in [0.25, 0.3) is 39.5 Å². The summed E-state index contributed by atoms with van der Waals surface area (Å²) >= 11 is 0. The van der Waals surface area contributed by atoms with E-state index in [1.165, 1.54) is 5.56 Å². The SMILES string of the molecule is C[C@@H]1CN(Cc2ccc(-n3c(-c4cccnc4N)nc4ccc(-c5ccccc5)nc43)cc2)C[C@@H](C)N1c1nccc(C#N)n1. The molecule has 222 valence electrons. The van der Waals surface area contributed by atoms with Crippen LogP contribution in [0, 0.1) is 11.3 Å². The molecule has 1 fully saturated rings. The molecule has 2 atom stereocenters. The summed E-state index contributed by atoms with van der Waals surface area (Å²) in [6.07, 6.45) is 3.34. The van der Waals surface area contributed by atoms with Gasteiger partial charge in [-0.1, -0.05) is 42.5 Å². The first kappa shape index (κ1) is 28.1. The summed E-state index contributed by atoms with van der Waals surface area (Å²) in [4.78, 5) is 27.9. The zero-order chi connectivity index (χ0) is 30.9. The predicted molar refractivity (Wildman–Crippen MR) is 175 cm³/mol. The lowest BCUT2D eigenvalue weighted by molar-refractivity contribution is 0.191. The lowest BCUT2D eigenvalue weighted by Crippen LogP contribution is -2.57. The summed E-state index contributed by atoms with van der Waals surface area (Å²) < 4.78 is 2.07. The Morgan fingerprint density at radius 1 is 0.822 bits per heavy atom. The first-order valence-electron chi connectivity index (χ1n) is 15.0. The summed E-state index contributed by atoms with van der Waals surface area (Å²) in [7, 11) is 0. The number of hydrogen-bond acceptors (Lipinski definition) is 9. The van der Waals surface area contributed by atoms with E-state index < -0.39 is 0 Å². The van der Waals surface area contributed by atoms with Crippen molar-refractivity contribution in [1.82, 2.24) is 34.4 Å². The monoisotopic (exact) mass is 592 g/mol. The average Bonchev–Trinajstić information content (AvgIpc) is 3.44. The van der Waals surface area contributed by atoms with Crippen molar-refractivity contribution in [2.45, 2.75) is 32.5 Å². The Labute approximate surface area is 261 Å². The summed E-state index contributed by atoms with van der Waals surface area (Å²) in [5, 5.41) is 9.29. The number of anilines is 2. The molecule has 0 amide bonds. The highest BCUT2D eigenvalue weighted by Crippen LogP contribution is 2.32. The Hall–Kier alpha value is -5.66. The summed E-state index contributed by atoms with van der Waals surface area (Å²) in [6.45, 7) is 6.89. The summed E-state index contributed by atoms with van der Waals surface area (Å²) in [5.74, 6) is 1.73. The molecule has 0 unspecified atom stereocenters. The third kappa shape index (κ3) is 5.46. The van der Waals surface area contributed by atoms with Crippen LogP contribution >= 0.6 is 0 Å². The van der Waals surface area contributed by atoms with Gasteiger partial charge in [-0.05, 0) is 61.9 Å². The van der Waals surface area contributed by atoms with Gasteiger partial charge in [0.2, 0.25) is 5.95 Å². The van der Waals surface area contributed by atoms with E-state index >= 15 is 0 Å². The fraction of sp³-hybridized carbons (Fsp3) is 0.200. The van der Waals surface area contributed by atoms with Gasteiger partial charge >= 0.3 is 0 Å². The fourth-order valence-corrected chi connectivity index (χ4v) is 6.26. The summed E-state index contributed by atoms with van der Waals surface area (Å²) in [5.41, 5.74) is 13.1. The van der Waals surface area contributed by atoms with Gasteiger partial charge in [0.25, 0.3) is 0 Å². The van der Waals surface area contributed by atoms with Crippen molar-refractivity contribution in [3.8, 4) is 34.4 Å². The van der Waals surface area contributed by atoms with E-state index in [1.807, 2.05) is 42.5 Å².